The molecule has 1 aromatic rings. The Kier molecular flexibility index (Phi) is 6.70. The van der Waals surface area contributed by atoms with E-state index < -0.39 is 11.4 Å². The molecule has 4 heteroatoms. The van der Waals surface area contributed by atoms with E-state index in [1.165, 1.54) is 0 Å². The highest BCUT2D eigenvalue weighted by molar-refractivity contribution is 6.03. The van der Waals surface area contributed by atoms with Crippen molar-refractivity contribution in [1.82, 2.24) is 0 Å². The minimum absolute atomic E-state index is 0.103. The van der Waals surface area contributed by atoms with Crippen molar-refractivity contribution in [3.63, 3.8) is 0 Å². The average Bonchev–Trinajstić information content (AvgIpc) is 2.47. The summed E-state index contributed by atoms with van der Waals surface area (Å²) in [6.07, 6.45) is 4.10. The van der Waals surface area contributed by atoms with Crippen LogP contribution in [0, 0.1) is 5.41 Å². The summed E-state index contributed by atoms with van der Waals surface area (Å²) in [4.78, 5) is 24.4. The van der Waals surface area contributed by atoms with Gasteiger partial charge in [-0.15, -0.1) is 0 Å². The molecule has 0 aromatic heterocycles. The Morgan fingerprint density at radius 3 is 2.35 bits per heavy atom. The molecule has 0 amide bonds. The van der Waals surface area contributed by atoms with Gasteiger partial charge in [-0.1, -0.05) is 36.4 Å². The van der Waals surface area contributed by atoms with Gasteiger partial charge in [0.25, 0.3) is 0 Å². The van der Waals surface area contributed by atoms with Gasteiger partial charge in [0.1, 0.15) is 12.0 Å². The van der Waals surface area contributed by atoms with Crippen molar-refractivity contribution >= 4 is 17.8 Å². The molecule has 126 valence electrons. The fourth-order valence-electron chi connectivity index (χ4n) is 2.11. The van der Waals surface area contributed by atoms with Crippen LogP contribution in [0.3, 0.4) is 0 Å². The van der Waals surface area contributed by atoms with Crippen LogP contribution < -0.4 is 0 Å². The molecule has 0 saturated carbocycles. The number of ketones is 1. The number of hydrogen-bond donors (Lipinski definition) is 0. The molecule has 0 aliphatic rings. The molecule has 0 atom stereocenters. The predicted octanol–water partition coefficient (Wildman–Crippen LogP) is 2.93. The van der Waals surface area contributed by atoms with Crippen molar-refractivity contribution in [3.8, 4) is 0 Å². The molecule has 0 unspecified atom stereocenters. The minimum atomic E-state index is -1.10. The van der Waals surface area contributed by atoms with Crippen LogP contribution in [0.2, 0.25) is 0 Å². The van der Waals surface area contributed by atoms with E-state index in [0.717, 1.165) is 5.56 Å². The number of rotatable bonds is 8. The first-order chi connectivity index (χ1) is 10.7. The normalized spacial score (nSPS) is 12.4. The zero-order chi connectivity index (χ0) is 17.5. The zero-order valence-electron chi connectivity index (χ0n) is 14.8. The standard InChI is InChI=1S/C19H28NO3/c1-6-23-18(22)19(2,3)17(21)15-20(4,5)14-10-13-16-11-8-7-9-12-16/h7-13H,6,14-15H2,1-5H3/q+1/b13-10+. The molecule has 0 fully saturated rings. The van der Waals surface area contributed by atoms with E-state index in [9.17, 15) is 9.59 Å². The van der Waals surface area contributed by atoms with Crippen LogP contribution in [-0.2, 0) is 14.3 Å². The molecule has 0 N–H and O–H groups in total. The third kappa shape index (κ3) is 5.99. The van der Waals surface area contributed by atoms with Crippen molar-refractivity contribution < 1.29 is 18.8 Å². The lowest BCUT2D eigenvalue weighted by Gasteiger charge is -2.31. The van der Waals surface area contributed by atoms with Crippen LogP contribution in [0.15, 0.2) is 36.4 Å². The lowest BCUT2D eigenvalue weighted by atomic mass is 9.87. The van der Waals surface area contributed by atoms with Gasteiger partial charge in [0.15, 0.2) is 0 Å². The Labute approximate surface area is 139 Å². The van der Waals surface area contributed by atoms with Gasteiger partial charge in [0, 0.05) is 0 Å². The van der Waals surface area contributed by atoms with Crippen LogP contribution in [0.25, 0.3) is 6.08 Å². The summed E-state index contributed by atoms with van der Waals surface area (Å²) < 4.78 is 5.49. The minimum Gasteiger partial charge on any atom is -0.465 e. The maximum absolute atomic E-state index is 12.5. The van der Waals surface area contributed by atoms with Crippen LogP contribution in [0.5, 0.6) is 0 Å². The highest BCUT2D eigenvalue weighted by Crippen LogP contribution is 2.20. The molecule has 1 rings (SSSR count). The zero-order valence-corrected chi connectivity index (χ0v) is 14.8. The van der Waals surface area contributed by atoms with Crippen LogP contribution in [0.4, 0.5) is 0 Å². The lowest BCUT2D eigenvalue weighted by molar-refractivity contribution is -0.876. The number of ether oxygens (including phenoxy) is 1. The van der Waals surface area contributed by atoms with Gasteiger partial charge in [-0.2, -0.15) is 0 Å². The second-order valence-corrected chi connectivity index (χ2v) is 6.86. The summed E-state index contributed by atoms with van der Waals surface area (Å²) in [6, 6.07) is 10.0. The van der Waals surface area contributed by atoms with Crippen LogP contribution in [-0.4, -0.2) is 50.0 Å². The molecule has 0 radical (unpaired) electrons. The molecule has 4 nitrogen and oxygen atoms in total. The van der Waals surface area contributed by atoms with E-state index in [1.807, 2.05) is 50.5 Å². The van der Waals surface area contributed by atoms with E-state index >= 15 is 0 Å². The fourth-order valence-corrected chi connectivity index (χ4v) is 2.11. The summed E-state index contributed by atoms with van der Waals surface area (Å²) in [6.45, 7) is 6.28. The number of hydrogen-bond acceptors (Lipinski definition) is 3. The van der Waals surface area contributed by atoms with Crippen molar-refractivity contribution in [2.45, 2.75) is 20.8 Å². The number of likely N-dealkylation sites (N-methyl/N-ethyl adjacent to an activating group) is 1. The molecule has 0 aliphatic carbocycles. The molecule has 0 saturated heterocycles. The van der Waals surface area contributed by atoms with Crippen molar-refractivity contribution in [3.05, 3.63) is 42.0 Å². The van der Waals surface area contributed by atoms with Crippen molar-refractivity contribution in [1.29, 1.82) is 0 Å². The summed E-state index contributed by atoms with van der Waals surface area (Å²) in [5, 5.41) is 0. The number of quaternary nitrogens is 1. The molecule has 1 aromatic carbocycles. The smallest absolute Gasteiger partial charge is 0.319 e. The van der Waals surface area contributed by atoms with Crippen LogP contribution in [0.1, 0.15) is 26.3 Å². The number of esters is 1. The Bertz CT molecular complexity index is 559. The summed E-state index contributed by atoms with van der Waals surface area (Å²) in [7, 11) is 3.96. The molecule has 23 heavy (non-hydrogen) atoms. The van der Waals surface area contributed by atoms with Gasteiger partial charge in [-0.3, -0.25) is 9.59 Å². The maximum atomic E-state index is 12.5. The van der Waals surface area contributed by atoms with Gasteiger partial charge in [0.05, 0.1) is 27.2 Å². The maximum Gasteiger partial charge on any atom is 0.319 e. The first kappa shape index (κ1) is 19.1. The third-order valence-corrected chi connectivity index (χ3v) is 3.76. The largest absolute Gasteiger partial charge is 0.465 e. The number of carbonyl (C=O) groups excluding carboxylic acids is 2. The van der Waals surface area contributed by atoms with E-state index in [4.69, 9.17) is 4.74 Å². The molecule has 0 heterocycles. The van der Waals surface area contributed by atoms with Gasteiger partial charge >= 0.3 is 5.97 Å². The lowest BCUT2D eigenvalue weighted by Crippen LogP contribution is -2.49. The van der Waals surface area contributed by atoms with Crippen molar-refractivity contribution in [2.75, 3.05) is 33.8 Å². The monoisotopic (exact) mass is 318 g/mol. The Morgan fingerprint density at radius 1 is 1.17 bits per heavy atom. The first-order valence-electron chi connectivity index (χ1n) is 7.93. The molecular weight excluding hydrogens is 290 g/mol. The molecule has 0 aliphatic heterocycles. The van der Waals surface area contributed by atoms with Crippen LogP contribution >= 0.6 is 0 Å². The highest BCUT2D eigenvalue weighted by Gasteiger charge is 2.40. The predicted molar refractivity (Wildman–Crippen MR) is 92.7 cm³/mol. The third-order valence-electron chi connectivity index (χ3n) is 3.76. The number of nitrogens with zero attached hydrogens (tertiary/aromatic N) is 1. The second-order valence-electron chi connectivity index (χ2n) is 6.86. The highest BCUT2D eigenvalue weighted by atomic mass is 16.5. The summed E-state index contributed by atoms with van der Waals surface area (Å²) in [5.74, 6) is -0.557. The second kappa shape index (κ2) is 8.06. The van der Waals surface area contributed by atoms with E-state index in [0.29, 0.717) is 11.0 Å². The quantitative estimate of drug-likeness (QED) is 0.420. The van der Waals surface area contributed by atoms with E-state index in [-0.39, 0.29) is 18.9 Å². The topological polar surface area (TPSA) is 43.4 Å². The van der Waals surface area contributed by atoms with Gasteiger partial charge in [0.2, 0.25) is 5.78 Å². The average molecular weight is 318 g/mol. The van der Waals surface area contributed by atoms with E-state index in [2.05, 4.69) is 6.08 Å². The van der Waals surface area contributed by atoms with Gasteiger partial charge < -0.3 is 9.22 Å². The Morgan fingerprint density at radius 2 is 1.78 bits per heavy atom. The molecular formula is C19H28NO3+. The van der Waals surface area contributed by atoms with Crippen molar-refractivity contribution in [2.24, 2.45) is 5.41 Å². The molecule has 0 spiro atoms. The Hall–Kier alpha value is -1.94. The van der Waals surface area contributed by atoms with Gasteiger partial charge in [-0.05, 0) is 32.4 Å². The SMILES string of the molecule is CCOC(=O)C(C)(C)C(=O)C[N+](C)(C)C/C=C/c1ccccc1. The fraction of sp³-hybridized carbons (Fsp3) is 0.474. The Balaban J connectivity index is 2.65. The number of benzene rings is 1. The first-order valence-corrected chi connectivity index (χ1v) is 7.93. The van der Waals surface area contributed by atoms with E-state index in [1.54, 1.807) is 20.8 Å². The summed E-state index contributed by atoms with van der Waals surface area (Å²) >= 11 is 0. The molecule has 0 bridgehead atoms. The summed E-state index contributed by atoms with van der Waals surface area (Å²) in [5.41, 5.74) is 0.0278. The number of Topliss-reactive ketones (excluding diaryl/α,β-unsaturated/α-hetero) is 1. The van der Waals surface area contributed by atoms with Gasteiger partial charge in [-0.25, -0.2) is 0 Å². The number of carbonyl (C=O) groups is 2.